The Bertz CT molecular complexity index is 470. The molecule has 3 heteroatoms. The maximum Gasteiger partial charge on any atom is 0.182 e. The summed E-state index contributed by atoms with van der Waals surface area (Å²) in [5.41, 5.74) is 0.336. The number of carbonyl (C=O) groups excluding carboxylic acids is 1. The van der Waals surface area contributed by atoms with Crippen LogP contribution in [0.15, 0.2) is 24.3 Å². The van der Waals surface area contributed by atoms with Gasteiger partial charge in [-0.1, -0.05) is 6.42 Å². The van der Waals surface area contributed by atoms with Crippen molar-refractivity contribution in [3.05, 3.63) is 29.8 Å². The molecule has 0 saturated carbocycles. The van der Waals surface area contributed by atoms with Crippen LogP contribution in [-0.4, -0.2) is 35.4 Å². The fraction of sp³-hybridized carbons (Fsp3) is 0.611. The van der Waals surface area contributed by atoms with E-state index in [9.17, 15) is 4.79 Å². The highest BCUT2D eigenvalue weighted by Gasteiger charge is 2.35. The van der Waals surface area contributed by atoms with Crippen LogP contribution in [0.1, 0.15) is 57.3 Å². The average molecular weight is 289 g/mol. The Morgan fingerprint density at radius 2 is 1.67 bits per heavy atom. The molecule has 0 radical (unpaired) electrons. The number of benzene rings is 1. The van der Waals surface area contributed by atoms with Crippen molar-refractivity contribution in [1.82, 2.24) is 4.90 Å². The number of nitrogens with zero attached hydrogens (tertiary/aromatic N) is 1. The molecule has 1 aliphatic rings. The first-order chi connectivity index (χ1) is 9.91. The Kier molecular flexibility index (Phi) is 5.04. The van der Waals surface area contributed by atoms with E-state index in [4.69, 9.17) is 4.74 Å². The molecule has 0 aromatic heterocycles. The molecule has 0 N–H and O–H groups in total. The first kappa shape index (κ1) is 16.0. The molecule has 21 heavy (non-hydrogen) atoms. The van der Waals surface area contributed by atoms with Gasteiger partial charge in [-0.3, -0.25) is 9.69 Å². The van der Waals surface area contributed by atoms with Crippen molar-refractivity contribution in [3.63, 3.8) is 0 Å². The van der Waals surface area contributed by atoms with E-state index in [1.54, 1.807) is 0 Å². The number of hydrogen-bond acceptors (Lipinski definition) is 3. The van der Waals surface area contributed by atoms with Gasteiger partial charge in [-0.15, -0.1) is 0 Å². The number of ether oxygens (including phenoxy) is 1. The Hall–Kier alpha value is -1.35. The summed E-state index contributed by atoms with van der Waals surface area (Å²) in [4.78, 5) is 15.1. The molecule has 1 aliphatic heterocycles. The number of piperidine rings is 1. The lowest BCUT2D eigenvalue weighted by atomic mass is 9.89. The topological polar surface area (TPSA) is 29.5 Å². The van der Waals surface area contributed by atoms with Crippen LogP contribution < -0.4 is 4.74 Å². The van der Waals surface area contributed by atoms with E-state index >= 15 is 0 Å². The maximum absolute atomic E-state index is 12.8. The molecular weight excluding hydrogens is 262 g/mol. The normalized spacial score (nSPS) is 17.0. The SMILES string of the molecule is CC(C)Oc1ccc(C(=O)C(C)(C)N2CCCCC2)cc1. The molecule has 0 spiro atoms. The van der Waals surface area contributed by atoms with Gasteiger partial charge in [0.25, 0.3) is 0 Å². The third kappa shape index (κ3) is 3.85. The molecule has 3 nitrogen and oxygen atoms in total. The third-order valence-electron chi connectivity index (χ3n) is 4.19. The molecule has 1 saturated heterocycles. The van der Waals surface area contributed by atoms with Gasteiger partial charge in [-0.25, -0.2) is 0 Å². The molecule has 116 valence electrons. The van der Waals surface area contributed by atoms with Crippen LogP contribution in [0.2, 0.25) is 0 Å². The summed E-state index contributed by atoms with van der Waals surface area (Å²) < 4.78 is 5.63. The second-order valence-corrected chi connectivity index (χ2v) is 6.63. The Morgan fingerprint density at radius 3 is 2.19 bits per heavy atom. The summed E-state index contributed by atoms with van der Waals surface area (Å²) in [5, 5.41) is 0. The zero-order valence-corrected chi connectivity index (χ0v) is 13.7. The number of ketones is 1. The van der Waals surface area contributed by atoms with Crippen LogP contribution in [0.3, 0.4) is 0 Å². The fourth-order valence-electron chi connectivity index (χ4n) is 2.91. The molecule has 1 fully saturated rings. The molecule has 1 heterocycles. The highest BCUT2D eigenvalue weighted by Crippen LogP contribution is 2.25. The second kappa shape index (κ2) is 6.61. The van der Waals surface area contributed by atoms with Crippen molar-refractivity contribution in [1.29, 1.82) is 0 Å². The lowest BCUT2D eigenvalue weighted by Gasteiger charge is -2.39. The Morgan fingerprint density at radius 1 is 1.10 bits per heavy atom. The van der Waals surface area contributed by atoms with Gasteiger partial charge in [0.1, 0.15) is 5.75 Å². The van der Waals surface area contributed by atoms with Crippen molar-refractivity contribution in [2.75, 3.05) is 13.1 Å². The Labute approximate surface area is 128 Å². The van der Waals surface area contributed by atoms with Crippen LogP contribution in [0.4, 0.5) is 0 Å². The zero-order chi connectivity index (χ0) is 15.5. The number of carbonyl (C=O) groups is 1. The van der Waals surface area contributed by atoms with Crippen molar-refractivity contribution in [3.8, 4) is 5.75 Å². The minimum absolute atomic E-state index is 0.149. The predicted octanol–water partition coefficient (Wildman–Crippen LogP) is 3.92. The Balaban J connectivity index is 2.10. The molecular formula is C18H27NO2. The standard InChI is InChI=1S/C18H27NO2/c1-14(2)21-16-10-8-15(9-11-16)17(20)18(3,4)19-12-6-5-7-13-19/h8-11,14H,5-7,12-13H2,1-4H3. The van der Waals surface area contributed by atoms with Gasteiger partial charge in [0, 0.05) is 5.56 Å². The quantitative estimate of drug-likeness (QED) is 0.769. The molecule has 0 bridgehead atoms. The van der Waals surface area contributed by atoms with E-state index in [1.807, 2.05) is 52.0 Å². The van der Waals surface area contributed by atoms with E-state index in [0.29, 0.717) is 0 Å². The fourth-order valence-corrected chi connectivity index (χ4v) is 2.91. The van der Waals surface area contributed by atoms with Crippen LogP contribution in [-0.2, 0) is 0 Å². The van der Waals surface area contributed by atoms with Gasteiger partial charge >= 0.3 is 0 Å². The average Bonchev–Trinajstić information content (AvgIpc) is 2.47. The minimum Gasteiger partial charge on any atom is -0.491 e. The third-order valence-corrected chi connectivity index (χ3v) is 4.19. The maximum atomic E-state index is 12.8. The lowest BCUT2D eigenvalue weighted by Crippen LogP contribution is -2.52. The van der Waals surface area contributed by atoms with E-state index in [2.05, 4.69) is 4.90 Å². The highest BCUT2D eigenvalue weighted by atomic mass is 16.5. The number of rotatable bonds is 5. The molecule has 0 amide bonds. The van der Waals surface area contributed by atoms with Crippen molar-refractivity contribution in [2.24, 2.45) is 0 Å². The summed E-state index contributed by atoms with van der Waals surface area (Å²) in [6, 6.07) is 7.54. The first-order valence-corrected chi connectivity index (χ1v) is 7.98. The summed E-state index contributed by atoms with van der Waals surface area (Å²) >= 11 is 0. The summed E-state index contributed by atoms with van der Waals surface area (Å²) in [6.45, 7) is 10.1. The van der Waals surface area contributed by atoms with Gasteiger partial charge in [-0.05, 0) is 77.9 Å². The van der Waals surface area contributed by atoms with Gasteiger partial charge in [-0.2, -0.15) is 0 Å². The second-order valence-electron chi connectivity index (χ2n) is 6.63. The summed E-state index contributed by atoms with van der Waals surface area (Å²) in [7, 11) is 0. The summed E-state index contributed by atoms with van der Waals surface area (Å²) in [5.74, 6) is 1.01. The number of hydrogen-bond donors (Lipinski definition) is 0. The molecule has 0 atom stereocenters. The monoisotopic (exact) mass is 289 g/mol. The van der Waals surface area contributed by atoms with E-state index in [1.165, 1.54) is 19.3 Å². The lowest BCUT2D eigenvalue weighted by molar-refractivity contribution is 0.0579. The van der Waals surface area contributed by atoms with Gasteiger partial charge in [0.15, 0.2) is 5.78 Å². The van der Waals surface area contributed by atoms with Crippen LogP contribution in [0.25, 0.3) is 0 Å². The smallest absolute Gasteiger partial charge is 0.182 e. The molecule has 2 rings (SSSR count). The van der Waals surface area contributed by atoms with Gasteiger partial charge in [0.05, 0.1) is 11.6 Å². The number of likely N-dealkylation sites (tertiary alicyclic amines) is 1. The zero-order valence-electron chi connectivity index (χ0n) is 13.7. The van der Waals surface area contributed by atoms with E-state index in [-0.39, 0.29) is 11.9 Å². The highest BCUT2D eigenvalue weighted by molar-refractivity contribution is 6.02. The minimum atomic E-state index is -0.430. The molecule has 1 aromatic carbocycles. The van der Waals surface area contributed by atoms with Gasteiger partial charge < -0.3 is 4.74 Å². The number of Topliss-reactive ketones (excluding diaryl/α,β-unsaturated/α-hetero) is 1. The van der Waals surface area contributed by atoms with E-state index in [0.717, 1.165) is 24.4 Å². The first-order valence-electron chi connectivity index (χ1n) is 7.98. The van der Waals surface area contributed by atoms with Crippen LogP contribution >= 0.6 is 0 Å². The predicted molar refractivity (Wildman–Crippen MR) is 86.0 cm³/mol. The van der Waals surface area contributed by atoms with Crippen molar-refractivity contribution >= 4 is 5.78 Å². The summed E-state index contributed by atoms with van der Waals surface area (Å²) in [6.07, 6.45) is 3.81. The molecule has 0 aliphatic carbocycles. The van der Waals surface area contributed by atoms with Crippen molar-refractivity contribution in [2.45, 2.75) is 58.6 Å². The molecule has 0 unspecified atom stereocenters. The van der Waals surface area contributed by atoms with Gasteiger partial charge in [0.2, 0.25) is 0 Å². The largest absolute Gasteiger partial charge is 0.491 e. The molecule has 1 aromatic rings. The van der Waals surface area contributed by atoms with Crippen molar-refractivity contribution < 1.29 is 9.53 Å². The van der Waals surface area contributed by atoms with Crippen LogP contribution in [0, 0.1) is 0 Å². The van der Waals surface area contributed by atoms with E-state index < -0.39 is 5.54 Å². The van der Waals surface area contributed by atoms with Crippen LogP contribution in [0.5, 0.6) is 5.75 Å².